The highest BCUT2D eigenvalue weighted by molar-refractivity contribution is 6.31. The standard InChI is InChI=1S/C22H22ClN3O5/c1-13-15(23)6-5-7-16(13)24-20(27)12-26-21(28)9-8-17(25-26)14-10-18(29-2)22(31-4)19(11-14)30-3/h5-11H,12H2,1-4H3,(H,24,27). The van der Waals surface area contributed by atoms with Crippen LogP contribution in [0, 0.1) is 6.92 Å². The second-order valence-electron chi connectivity index (χ2n) is 6.59. The fraction of sp³-hybridized carbons (Fsp3) is 0.227. The first-order chi connectivity index (χ1) is 14.9. The minimum Gasteiger partial charge on any atom is -0.493 e. The summed E-state index contributed by atoms with van der Waals surface area (Å²) in [6.45, 7) is 1.54. The van der Waals surface area contributed by atoms with Crippen LogP contribution in [0.1, 0.15) is 5.56 Å². The SMILES string of the molecule is COc1cc(-c2ccc(=O)n(CC(=O)Nc3cccc(Cl)c3C)n2)cc(OC)c1OC. The number of anilines is 1. The second-order valence-corrected chi connectivity index (χ2v) is 7.00. The summed E-state index contributed by atoms with van der Waals surface area (Å²) >= 11 is 6.09. The fourth-order valence-electron chi connectivity index (χ4n) is 3.01. The largest absolute Gasteiger partial charge is 0.493 e. The van der Waals surface area contributed by atoms with Crippen molar-refractivity contribution in [3.05, 3.63) is 63.4 Å². The quantitative estimate of drug-likeness (QED) is 0.600. The number of hydrogen-bond acceptors (Lipinski definition) is 6. The van der Waals surface area contributed by atoms with Gasteiger partial charge >= 0.3 is 0 Å². The number of ether oxygens (including phenoxy) is 3. The molecule has 1 N–H and O–H groups in total. The molecule has 0 spiro atoms. The molecule has 0 aliphatic rings. The lowest BCUT2D eigenvalue weighted by atomic mass is 10.1. The van der Waals surface area contributed by atoms with Crippen LogP contribution in [0.15, 0.2) is 47.3 Å². The summed E-state index contributed by atoms with van der Waals surface area (Å²) in [6, 6.07) is 11.6. The van der Waals surface area contributed by atoms with Crippen molar-refractivity contribution in [3.8, 4) is 28.5 Å². The first-order valence-electron chi connectivity index (χ1n) is 9.31. The zero-order valence-electron chi connectivity index (χ0n) is 17.6. The predicted molar refractivity (Wildman–Crippen MR) is 118 cm³/mol. The highest BCUT2D eigenvalue weighted by atomic mass is 35.5. The summed E-state index contributed by atoms with van der Waals surface area (Å²) in [6.07, 6.45) is 0. The van der Waals surface area contributed by atoms with E-state index in [1.54, 1.807) is 43.3 Å². The van der Waals surface area contributed by atoms with Gasteiger partial charge in [-0.2, -0.15) is 5.10 Å². The van der Waals surface area contributed by atoms with Crippen molar-refractivity contribution < 1.29 is 19.0 Å². The number of amides is 1. The summed E-state index contributed by atoms with van der Waals surface area (Å²) < 4.78 is 17.2. The first-order valence-corrected chi connectivity index (χ1v) is 9.69. The number of methoxy groups -OCH3 is 3. The molecule has 1 heterocycles. The van der Waals surface area contributed by atoms with E-state index < -0.39 is 11.5 Å². The Hall–Kier alpha value is -3.52. The molecule has 0 bridgehead atoms. The van der Waals surface area contributed by atoms with E-state index in [1.807, 2.05) is 0 Å². The molecule has 162 valence electrons. The summed E-state index contributed by atoms with van der Waals surface area (Å²) in [4.78, 5) is 24.8. The van der Waals surface area contributed by atoms with Crippen molar-refractivity contribution in [2.75, 3.05) is 26.6 Å². The van der Waals surface area contributed by atoms with Gasteiger partial charge in [-0.1, -0.05) is 17.7 Å². The van der Waals surface area contributed by atoms with E-state index in [9.17, 15) is 9.59 Å². The maximum Gasteiger partial charge on any atom is 0.267 e. The van der Waals surface area contributed by atoms with E-state index in [2.05, 4.69) is 10.4 Å². The van der Waals surface area contributed by atoms with Gasteiger partial charge in [0.25, 0.3) is 5.56 Å². The molecule has 3 rings (SSSR count). The Morgan fingerprint density at radius 3 is 2.35 bits per heavy atom. The summed E-state index contributed by atoms with van der Waals surface area (Å²) in [5.41, 5.74) is 2.00. The molecule has 0 saturated heterocycles. The molecule has 0 radical (unpaired) electrons. The Labute approximate surface area is 184 Å². The third kappa shape index (κ3) is 4.80. The van der Waals surface area contributed by atoms with Crippen LogP contribution in [0.25, 0.3) is 11.3 Å². The van der Waals surface area contributed by atoms with Gasteiger partial charge in [0.05, 0.1) is 27.0 Å². The van der Waals surface area contributed by atoms with Gasteiger partial charge in [-0.3, -0.25) is 9.59 Å². The number of nitrogens with zero attached hydrogens (tertiary/aromatic N) is 2. The molecule has 0 fully saturated rings. The molecular weight excluding hydrogens is 422 g/mol. The minimum atomic E-state index is -0.408. The molecular formula is C22H22ClN3O5. The van der Waals surface area contributed by atoms with Crippen molar-refractivity contribution in [3.63, 3.8) is 0 Å². The third-order valence-corrected chi connectivity index (χ3v) is 5.07. The van der Waals surface area contributed by atoms with Crippen LogP contribution in [-0.2, 0) is 11.3 Å². The van der Waals surface area contributed by atoms with Gasteiger partial charge in [-0.05, 0) is 42.8 Å². The average molecular weight is 444 g/mol. The number of carbonyl (C=O) groups is 1. The number of hydrogen-bond donors (Lipinski definition) is 1. The zero-order valence-corrected chi connectivity index (χ0v) is 18.3. The molecule has 31 heavy (non-hydrogen) atoms. The van der Waals surface area contributed by atoms with Crippen molar-refractivity contribution in [2.24, 2.45) is 0 Å². The van der Waals surface area contributed by atoms with Gasteiger partial charge < -0.3 is 19.5 Å². The van der Waals surface area contributed by atoms with Gasteiger partial charge in [-0.25, -0.2) is 4.68 Å². The second kappa shape index (κ2) is 9.53. The van der Waals surface area contributed by atoms with E-state index in [0.29, 0.717) is 39.2 Å². The van der Waals surface area contributed by atoms with Crippen LogP contribution in [0.4, 0.5) is 5.69 Å². The van der Waals surface area contributed by atoms with E-state index >= 15 is 0 Å². The third-order valence-electron chi connectivity index (χ3n) is 4.66. The summed E-state index contributed by atoms with van der Waals surface area (Å²) in [5.74, 6) is 0.941. The van der Waals surface area contributed by atoms with Crippen molar-refractivity contribution in [1.29, 1.82) is 0 Å². The monoisotopic (exact) mass is 443 g/mol. The molecule has 0 aliphatic heterocycles. The van der Waals surface area contributed by atoms with E-state index in [1.165, 1.54) is 27.4 Å². The Morgan fingerprint density at radius 2 is 1.74 bits per heavy atom. The minimum absolute atomic E-state index is 0.261. The molecule has 0 atom stereocenters. The number of aromatic nitrogens is 2. The smallest absolute Gasteiger partial charge is 0.267 e. The molecule has 1 aromatic heterocycles. The number of carbonyl (C=O) groups excluding carboxylic acids is 1. The van der Waals surface area contributed by atoms with Gasteiger partial charge in [0.2, 0.25) is 11.7 Å². The van der Waals surface area contributed by atoms with E-state index in [0.717, 1.165) is 10.2 Å². The fourth-order valence-corrected chi connectivity index (χ4v) is 3.19. The lowest BCUT2D eigenvalue weighted by Gasteiger charge is -2.14. The van der Waals surface area contributed by atoms with Crippen molar-refractivity contribution in [1.82, 2.24) is 9.78 Å². The van der Waals surface area contributed by atoms with E-state index in [-0.39, 0.29) is 6.54 Å². The van der Waals surface area contributed by atoms with Crippen LogP contribution in [0.3, 0.4) is 0 Å². The molecule has 0 unspecified atom stereocenters. The van der Waals surface area contributed by atoms with Crippen molar-refractivity contribution in [2.45, 2.75) is 13.5 Å². The van der Waals surface area contributed by atoms with Crippen LogP contribution >= 0.6 is 11.6 Å². The van der Waals surface area contributed by atoms with Crippen LogP contribution in [0.5, 0.6) is 17.2 Å². The number of halogens is 1. The average Bonchev–Trinajstić information content (AvgIpc) is 2.77. The Kier molecular flexibility index (Phi) is 6.81. The molecule has 2 aromatic carbocycles. The zero-order chi connectivity index (χ0) is 22.5. The lowest BCUT2D eigenvalue weighted by molar-refractivity contribution is -0.117. The topological polar surface area (TPSA) is 91.7 Å². The maximum atomic E-state index is 12.5. The van der Waals surface area contributed by atoms with Gasteiger partial charge in [0.1, 0.15) is 6.54 Å². The summed E-state index contributed by atoms with van der Waals surface area (Å²) in [7, 11) is 4.54. The molecule has 8 nitrogen and oxygen atoms in total. The van der Waals surface area contributed by atoms with Crippen molar-refractivity contribution >= 4 is 23.2 Å². The van der Waals surface area contributed by atoms with Gasteiger partial charge in [0.15, 0.2) is 11.5 Å². The lowest BCUT2D eigenvalue weighted by Crippen LogP contribution is -2.29. The molecule has 3 aromatic rings. The van der Waals surface area contributed by atoms with Crippen LogP contribution < -0.4 is 25.1 Å². The Balaban J connectivity index is 1.91. The molecule has 0 saturated carbocycles. The number of benzene rings is 2. The molecule has 9 heteroatoms. The molecule has 1 amide bonds. The van der Waals surface area contributed by atoms with Crippen LogP contribution in [0.2, 0.25) is 5.02 Å². The maximum absolute atomic E-state index is 12.5. The van der Waals surface area contributed by atoms with Crippen LogP contribution in [-0.4, -0.2) is 37.0 Å². The normalized spacial score (nSPS) is 10.5. The Bertz CT molecular complexity index is 1150. The first kappa shape index (κ1) is 22.2. The van der Waals surface area contributed by atoms with Gasteiger partial charge in [0, 0.05) is 22.3 Å². The Morgan fingerprint density at radius 1 is 1.06 bits per heavy atom. The highest BCUT2D eigenvalue weighted by Gasteiger charge is 2.16. The van der Waals surface area contributed by atoms with E-state index in [4.69, 9.17) is 25.8 Å². The summed E-state index contributed by atoms with van der Waals surface area (Å²) in [5, 5.41) is 7.63. The van der Waals surface area contributed by atoms with Gasteiger partial charge in [-0.15, -0.1) is 0 Å². The highest BCUT2D eigenvalue weighted by Crippen LogP contribution is 2.40. The molecule has 0 aliphatic carbocycles. The number of nitrogens with one attached hydrogen (secondary N) is 1. The number of rotatable bonds is 7. The predicted octanol–water partition coefficient (Wildman–Crippen LogP) is 3.54.